The van der Waals surface area contributed by atoms with Gasteiger partial charge in [0.15, 0.2) is 5.78 Å². The molecule has 1 unspecified atom stereocenters. The van der Waals surface area contributed by atoms with Gasteiger partial charge in [-0.3, -0.25) is 9.59 Å². The molecule has 23 heavy (non-hydrogen) atoms. The fourth-order valence-corrected chi connectivity index (χ4v) is 3.55. The number of carbonyl (C=O) groups excluding carboxylic acids is 2. The Bertz CT molecular complexity index is 614. The molecule has 2 rings (SSSR count). The van der Waals surface area contributed by atoms with Crippen LogP contribution in [0.4, 0.5) is 0 Å². The maximum atomic E-state index is 12.5. The van der Waals surface area contributed by atoms with Crippen molar-refractivity contribution in [2.45, 2.75) is 38.1 Å². The number of Topliss-reactive ketones (excluding diaryl/α,β-unsaturated/α-hetero) is 1. The molecule has 1 aromatic carbocycles. The van der Waals surface area contributed by atoms with Crippen LogP contribution in [0.5, 0.6) is 0 Å². The van der Waals surface area contributed by atoms with E-state index in [1.165, 1.54) is 11.8 Å². The second kappa shape index (κ2) is 7.66. The third-order valence-electron chi connectivity index (χ3n) is 3.76. The lowest BCUT2D eigenvalue weighted by molar-refractivity contribution is -0.123. The molecule has 3 N–H and O–H groups in total. The summed E-state index contributed by atoms with van der Waals surface area (Å²) in [4.78, 5) is 27.1. The molecular weight excluding hydrogens is 310 g/mol. The number of hydrogen-bond donors (Lipinski definition) is 2. The van der Waals surface area contributed by atoms with Crippen LogP contribution in [0.25, 0.3) is 0 Å². The molecule has 1 aliphatic heterocycles. The van der Waals surface area contributed by atoms with Gasteiger partial charge in [0.25, 0.3) is 0 Å². The molecule has 0 saturated carbocycles. The summed E-state index contributed by atoms with van der Waals surface area (Å²) < 4.78 is 0. The van der Waals surface area contributed by atoms with Crippen molar-refractivity contribution in [3.8, 4) is 0 Å². The Morgan fingerprint density at radius 1 is 1.35 bits per heavy atom. The van der Waals surface area contributed by atoms with E-state index in [1.54, 1.807) is 6.92 Å². The predicted octanol–water partition coefficient (Wildman–Crippen LogP) is 1.85. The fraction of sp³-hybridized carbons (Fsp3) is 0.412. The van der Waals surface area contributed by atoms with E-state index in [4.69, 9.17) is 5.73 Å². The number of nitrogens with zero attached hydrogens (tertiary/aromatic N) is 1. The standard InChI is InChI=1S/C17H23N3O2S/c1-11(18)16(22)19-15-12(2)23-17(20(15)3)14(21)10-9-13-7-5-4-6-8-13/h4-8,11,17H,9-10,18H2,1-3H3,(H,19,22)/t11-,17?/m0/s1. The summed E-state index contributed by atoms with van der Waals surface area (Å²) in [7, 11) is 1.82. The average Bonchev–Trinajstić information content (AvgIpc) is 2.81. The number of rotatable bonds is 6. The molecule has 0 saturated heterocycles. The van der Waals surface area contributed by atoms with Gasteiger partial charge in [-0.2, -0.15) is 0 Å². The Hall–Kier alpha value is -1.79. The topological polar surface area (TPSA) is 75.4 Å². The van der Waals surface area contributed by atoms with Crippen molar-refractivity contribution >= 4 is 23.5 Å². The molecule has 124 valence electrons. The molecular formula is C17H23N3O2S. The van der Waals surface area contributed by atoms with Gasteiger partial charge in [-0.1, -0.05) is 42.1 Å². The zero-order chi connectivity index (χ0) is 17.0. The van der Waals surface area contributed by atoms with Gasteiger partial charge in [0.1, 0.15) is 11.2 Å². The zero-order valence-corrected chi connectivity index (χ0v) is 14.5. The summed E-state index contributed by atoms with van der Waals surface area (Å²) in [6.45, 7) is 3.54. The molecule has 1 aliphatic rings. The number of nitrogens with two attached hydrogens (primary N) is 1. The van der Waals surface area contributed by atoms with Gasteiger partial charge in [0.05, 0.1) is 6.04 Å². The van der Waals surface area contributed by atoms with Crippen molar-refractivity contribution in [3.05, 3.63) is 46.6 Å². The monoisotopic (exact) mass is 333 g/mol. The van der Waals surface area contributed by atoms with Crippen LogP contribution in [0, 0.1) is 0 Å². The van der Waals surface area contributed by atoms with E-state index in [1.807, 2.05) is 49.2 Å². The average molecular weight is 333 g/mol. The SMILES string of the molecule is CC1=C(NC(=O)[C@H](C)N)N(C)C(C(=O)CCc2ccccc2)S1. The maximum absolute atomic E-state index is 12.5. The molecule has 0 spiro atoms. The second-order valence-electron chi connectivity index (χ2n) is 5.72. The number of allylic oxidation sites excluding steroid dienone is 1. The lowest BCUT2D eigenvalue weighted by Crippen LogP contribution is -2.43. The highest BCUT2D eigenvalue weighted by Crippen LogP contribution is 2.36. The number of aryl methyl sites for hydroxylation is 1. The zero-order valence-electron chi connectivity index (χ0n) is 13.7. The lowest BCUT2D eigenvalue weighted by atomic mass is 10.1. The number of thioether (sulfide) groups is 1. The fourth-order valence-electron chi connectivity index (χ4n) is 2.39. The quantitative estimate of drug-likeness (QED) is 0.831. The molecule has 6 heteroatoms. The summed E-state index contributed by atoms with van der Waals surface area (Å²) in [6, 6.07) is 9.38. The minimum atomic E-state index is -0.582. The Morgan fingerprint density at radius 2 is 2.00 bits per heavy atom. The van der Waals surface area contributed by atoms with Crippen LogP contribution < -0.4 is 11.1 Å². The second-order valence-corrected chi connectivity index (χ2v) is 7.01. The van der Waals surface area contributed by atoms with Crippen molar-refractivity contribution in [1.82, 2.24) is 10.2 Å². The number of likely N-dealkylation sites (N-methyl/N-ethyl adjacent to an activating group) is 1. The molecule has 0 radical (unpaired) electrons. The highest BCUT2D eigenvalue weighted by molar-refractivity contribution is 8.04. The van der Waals surface area contributed by atoms with Crippen LogP contribution in [-0.2, 0) is 16.0 Å². The first-order valence-electron chi connectivity index (χ1n) is 7.63. The van der Waals surface area contributed by atoms with Gasteiger partial charge in [0.2, 0.25) is 5.91 Å². The molecule has 1 heterocycles. The van der Waals surface area contributed by atoms with Gasteiger partial charge in [-0.05, 0) is 25.8 Å². The summed E-state index contributed by atoms with van der Waals surface area (Å²) in [5, 5.41) is 2.52. The smallest absolute Gasteiger partial charge is 0.242 e. The van der Waals surface area contributed by atoms with E-state index in [9.17, 15) is 9.59 Å². The van der Waals surface area contributed by atoms with E-state index < -0.39 is 6.04 Å². The van der Waals surface area contributed by atoms with Crippen LogP contribution in [0.3, 0.4) is 0 Å². The number of amides is 1. The number of hydrogen-bond acceptors (Lipinski definition) is 5. The first-order valence-corrected chi connectivity index (χ1v) is 8.51. The predicted molar refractivity (Wildman–Crippen MR) is 93.4 cm³/mol. The first-order chi connectivity index (χ1) is 10.9. The van der Waals surface area contributed by atoms with Crippen LogP contribution in [-0.4, -0.2) is 35.1 Å². The molecule has 0 fully saturated rings. The molecule has 5 nitrogen and oxygen atoms in total. The number of nitrogens with one attached hydrogen (secondary N) is 1. The Kier molecular flexibility index (Phi) is 5.85. The van der Waals surface area contributed by atoms with E-state index in [0.29, 0.717) is 12.2 Å². The molecule has 1 amide bonds. The third kappa shape index (κ3) is 4.36. The van der Waals surface area contributed by atoms with Gasteiger partial charge in [-0.25, -0.2) is 0 Å². The normalized spacial score (nSPS) is 19.0. The summed E-state index contributed by atoms with van der Waals surface area (Å²) in [5.74, 6) is 0.588. The third-order valence-corrected chi connectivity index (χ3v) is 5.11. The largest absolute Gasteiger partial charge is 0.341 e. The number of carbonyl (C=O) groups is 2. The maximum Gasteiger partial charge on any atom is 0.242 e. The Balaban J connectivity index is 1.95. The lowest BCUT2D eigenvalue weighted by Gasteiger charge is -2.24. The summed E-state index contributed by atoms with van der Waals surface area (Å²) in [5.41, 5.74) is 6.74. The van der Waals surface area contributed by atoms with Crippen molar-refractivity contribution in [3.63, 3.8) is 0 Å². The molecule has 0 aliphatic carbocycles. The summed E-state index contributed by atoms with van der Waals surface area (Å²) in [6.07, 6.45) is 1.21. The van der Waals surface area contributed by atoms with E-state index in [-0.39, 0.29) is 17.1 Å². The van der Waals surface area contributed by atoms with Crippen molar-refractivity contribution in [2.75, 3.05) is 7.05 Å². The minimum Gasteiger partial charge on any atom is -0.341 e. The first kappa shape index (κ1) is 17.6. The Morgan fingerprint density at radius 3 is 2.61 bits per heavy atom. The van der Waals surface area contributed by atoms with Gasteiger partial charge < -0.3 is 16.0 Å². The highest BCUT2D eigenvalue weighted by Gasteiger charge is 2.33. The highest BCUT2D eigenvalue weighted by atomic mass is 32.2. The van der Waals surface area contributed by atoms with Crippen LogP contribution in [0.2, 0.25) is 0 Å². The minimum absolute atomic E-state index is 0.158. The van der Waals surface area contributed by atoms with Gasteiger partial charge >= 0.3 is 0 Å². The molecule has 2 atom stereocenters. The molecule has 0 bridgehead atoms. The van der Waals surface area contributed by atoms with Gasteiger partial charge in [0, 0.05) is 18.4 Å². The van der Waals surface area contributed by atoms with E-state index in [2.05, 4.69) is 5.32 Å². The van der Waals surface area contributed by atoms with Crippen molar-refractivity contribution in [2.24, 2.45) is 5.73 Å². The van der Waals surface area contributed by atoms with Crippen LogP contribution in [0.1, 0.15) is 25.8 Å². The molecule has 0 aromatic heterocycles. The van der Waals surface area contributed by atoms with Crippen molar-refractivity contribution < 1.29 is 9.59 Å². The van der Waals surface area contributed by atoms with E-state index in [0.717, 1.165) is 16.9 Å². The molecule has 1 aromatic rings. The van der Waals surface area contributed by atoms with Crippen molar-refractivity contribution in [1.29, 1.82) is 0 Å². The van der Waals surface area contributed by atoms with Gasteiger partial charge in [-0.15, -0.1) is 0 Å². The number of benzene rings is 1. The Labute approximate surface area is 141 Å². The summed E-state index contributed by atoms with van der Waals surface area (Å²) >= 11 is 1.48. The van der Waals surface area contributed by atoms with Crippen LogP contribution >= 0.6 is 11.8 Å². The van der Waals surface area contributed by atoms with E-state index >= 15 is 0 Å². The van der Waals surface area contributed by atoms with Crippen LogP contribution in [0.15, 0.2) is 41.1 Å². The number of ketones is 1.